The van der Waals surface area contributed by atoms with Gasteiger partial charge in [0, 0.05) is 17.2 Å². The van der Waals surface area contributed by atoms with Crippen LogP contribution in [0.2, 0.25) is 5.02 Å². The number of aromatic nitrogens is 3. The summed E-state index contributed by atoms with van der Waals surface area (Å²) in [6.45, 7) is 2.76. The molecule has 0 aliphatic carbocycles. The molecule has 0 aliphatic rings. The minimum atomic E-state index is -0.121. The largest absolute Gasteiger partial charge is 0.343 e. The van der Waals surface area contributed by atoms with E-state index in [-0.39, 0.29) is 5.69 Å². The first-order valence-corrected chi connectivity index (χ1v) is 9.22. The predicted molar refractivity (Wildman–Crippen MR) is 90.7 cm³/mol. The maximum absolute atomic E-state index is 11.6. The summed E-state index contributed by atoms with van der Waals surface area (Å²) >= 11 is 9.49. The van der Waals surface area contributed by atoms with Crippen LogP contribution in [0, 0.1) is 0 Å². The highest BCUT2D eigenvalue weighted by Gasteiger charge is 2.07. The van der Waals surface area contributed by atoms with Crippen molar-refractivity contribution >= 4 is 35.1 Å². The van der Waals surface area contributed by atoms with E-state index < -0.39 is 0 Å². The van der Waals surface area contributed by atoms with E-state index in [0.717, 1.165) is 39.4 Å². The highest BCUT2D eigenvalue weighted by Crippen LogP contribution is 2.27. The Labute approximate surface area is 137 Å². The van der Waals surface area contributed by atoms with E-state index in [1.807, 2.05) is 31.2 Å². The van der Waals surface area contributed by atoms with Crippen LogP contribution in [0.1, 0.15) is 19.8 Å². The molecule has 1 heterocycles. The fourth-order valence-corrected chi connectivity index (χ4v) is 4.08. The number of nitrogens with zero attached hydrogens (tertiary/aromatic N) is 2. The van der Waals surface area contributed by atoms with Crippen molar-refractivity contribution in [3.8, 4) is 0 Å². The van der Waals surface area contributed by atoms with E-state index in [1.54, 1.807) is 28.1 Å². The Morgan fingerprint density at radius 1 is 1.29 bits per heavy atom. The van der Waals surface area contributed by atoms with Crippen LogP contribution >= 0.6 is 35.1 Å². The zero-order valence-corrected chi connectivity index (χ0v) is 14.2. The van der Waals surface area contributed by atoms with Crippen LogP contribution in [-0.4, -0.2) is 26.3 Å². The van der Waals surface area contributed by atoms with Gasteiger partial charge in [-0.1, -0.05) is 42.4 Å². The zero-order chi connectivity index (χ0) is 15.1. The van der Waals surface area contributed by atoms with Gasteiger partial charge in [-0.25, -0.2) is 9.89 Å². The van der Waals surface area contributed by atoms with Gasteiger partial charge in [-0.05, 0) is 30.7 Å². The maximum atomic E-state index is 11.6. The molecule has 4 nitrogen and oxygen atoms in total. The molecule has 0 saturated carbocycles. The number of aromatic amines is 1. The van der Waals surface area contributed by atoms with Gasteiger partial charge < -0.3 is 0 Å². The molecule has 0 bridgehead atoms. The Kier molecular flexibility index (Phi) is 6.73. The van der Waals surface area contributed by atoms with Crippen LogP contribution in [0.5, 0.6) is 0 Å². The molecule has 114 valence electrons. The van der Waals surface area contributed by atoms with Gasteiger partial charge in [-0.15, -0.1) is 16.9 Å². The van der Waals surface area contributed by atoms with Crippen molar-refractivity contribution < 1.29 is 0 Å². The quantitative estimate of drug-likeness (QED) is 0.583. The summed E-state index contributed by atoms with van der Waals surface area (Å²) in [6.07, 6.45) is 1.96. The van der Waals surface area contributed by atoms with Crippen LogP contribution in [-0.2, 0) is 6.54 Å². The Balaban J connectivity index is 1.75. The van der Waals surface area contributed by atoms with E-state index >= 15 is 0 Å². The first-order chi connectivity index (χ1) is 10.2. The van der Waals surface area contributed by atoms with Gasteiger partial charge in [-0.3, -0.25) is 4.57 Å². The molecule has 7 heteroatoms. The predicted octanol–water partition coefficient (Wildman–Crippen LogP) is 3.91. The number of halogens is 1. The maximum Gasteiger partial charge on any atom is 0.343 e. The normalized spacial score (nSPS) is 11.0. The molecule has 1 N–H and O–H groups in total. The van der Waals surface area contributed by atoms with Crippen LogP contribution in [0.3, 0.4) is 0 Å². The number of rotatable bonds is 8. The Morgan fingerprint density at radius 2 is 2.05 bits per heavy atom. The van der Waals surface area contributed by atoms with Crippen molar-refractivity contribution in [1.82, 2.24) is 14.8 Å². The third kappa shape index (κ3) is 4.83. The van der Waals surface area contributed by atoms with Gasteiger partial charge in [0.05, 0.1) is 5.02 Å². The van der Waals surface area contributed by atoms with E-state index in [9.17, 15) is 4.79 Å². The second kappa shape index (κ2) is 8.56. The summed E-state index contributed by atoms with van der Waals surface area (Å²) in [5.41, 5.74) is -0.121. The van der Waals surface area contributed by atoms with Gasteiger partial charge in [0.2, 0.25) is 0 Å². The smallest absolute Gasteiger partial charge is 0.270 e. The molecule has 0 spiro atoms. The summed E-state index contributed by atoms with van der Waals surface area (Å²) in [6, 6.07) is 7.88. The minimum absolute atomic E-state index is 0.121. The van der Waals surface area contributed by atoms with Crippen molar-refractivity contribution in [2.75, 3.05) is 11.5 Å². The van der Waals surface area contributed by atoms with Crippen LogP contribution < -0.4 is 5.69 Å². The third-order valence-electron chi connectivity index (χ3n) is 2.78. The molecule has 0 saturated heterocycles. The molecule has 0 radical (unpaired) electrons. The monoisotopic (exact) mass is 343 g/mol. The summed E-state index contributed by atoms with van der Waals surface area (Å²) in [5, 5.41) is 8.16. The number of hydrogen-bond donors (Lipinski definition) is 1. The molecule has 2 rings (SSSR count). The first kappa shape index (κ1) is 16.5. The van der Waals surface area contributed by atoms with E-state index in [2.05, 4.69) is 10.2 Å². The van der Waals surface area contributed by atoms with Gasteiger partial charge in [-0.2, -0.15) is 0 Å². The van der Waals surface area contributed by atoms with Crippen molar-refractivity contribution in [2.45, 2.75) is 36.4 Å². The molecular formula is C14H18ClN3OS2. The number of H-pyrrole nitrogens is 1. The molecule has 1 aromatic carbocycles. The Morgan fingerprint density at radius 3 is 2.81 bits per heavy atom. The van der Waals surface area contributed by atoms with Crippen LogP contribution in [0.15, 0.2) is 39.1 Å². The highest BCUT2D eigenvalue weighted by molar-refractivity contribution is 8.00. The number of benzene rings is 1. The molecule has 0 atom stereocenters. The zero-order valence-electron chi connectivity index (χ0n) is 11.8. The fraction of sp³-hybridized carbons (Fsp3) is 0.429. The lowest BCUT2D eigenvalue weighted by molar-refractivity contribution is 0.604. The Hall–Kier alpha value is -0.850. The van der Waals surface area contributed by atoms with Gasteiger partial charge >= 0.3 is 5.69 Å². The lowest BCUT2D eigenvalue weighted by Gasteiger charge is -2.05. The summed E-state index contributed by atoms with van der Waals surface area (Å²) < 4.78 is 1.70. The third-order valence-corrected chi connectivity index (χ3v) is 5.45. The van der Waals surface area contributed by atoms with E-state index in [1.165, 1.54) is 0 Å². The van der Waals surface area contributed by atoms with Crippen LogP contribution in [0.4, 0.5) is 0 Å². The molecule has 1 aromatic heterocycles. The standard InChI is InChI=1S/C14H18ClN3OS2/c1-2-8-18-13(19)16-17-14(18)21-10-5-9-20-12-7-4-3-6-11(12)15/h3-4,6-7H,2,5,8-10H2,1H3,(H,16,19). The second-order valence-corrected chi connectivity index (χ2v) is 7.05. The first-order valence-electron chi connectivity index (χ1n) is 6.87. The van der Waals surface area contributed by atoms with Crippen molar-refractivity contribution in [3.05, 3.63) is 39.8 Å². The molecule has 0 amide bonds. The summed E-state index contributed by atoms with van der Waals surface area (Å²) in [5.74, 6) is 1.94. The molecule has 21 heavy (non-hydrogen) atoms. The number of nitrogens with one attached hydrogen (secondary N) is 1. The molecule has 0 unspecified atom stereocenters. The lowest BCUT2D eigenvalue weighted by Crippen LogP contribution is -2.17. The molecule has 2 aromatic rings. The average Bonchev–Trinajstić information content (AvgIpc) is 2.82. The molecular weight excluding hydrogens is 326 g/mol. The Bertz CT molecular complexity index is 627. The SMILES string of the molecule is CCCn1c(SCCCSc2ccccc2Cl)n[nH]c1=O. The van der Waals surface area contributed by atoms with Crippen LogP contribution in [0.25, 0.3) is 0 Å². The van der Waals surface area contributed by atoms with Crippen molar-refractivity contribution in [2.24, 2.45) is 0 Å². The molecule has 0 aliphatic heterocycles. The van der Waals surface area contributed by atoms with E-state index in [0.29, 0.717) is 6.54 Å². The van der Waals surface area contributed by atoms with E-state index in [4.69, 9.17) is 11.6 Å². The van der Waals surface area contributed by atoms with Crippen molar-refractivity contribution in [3.63, 3.8) is 0 Å². The lowest BCUT2D eigenvalue weighted by atomic mass is 10.4. The van der Waals surface area contributed by atoms with Crippen molar-refractivity contribution in [1.29, 1.82) is 0 Å². The van der Waals surface area contributed by atoms with Gasteiger partial charge in [0.15, 0.2) is 5.16 Å². The second-order valence-electron chi connectivity index (χ2n) is 4.44. The van der Waals surface area contributed by atoms with Gasteiger partial charge in [0.1, 0.15) is 0 Å². The fourth-order valence-electron chi connectivity index (χ4n) is 1.80. The minimum Gasteiger partial charge on any atom is -0.270 e. The number of thioether (sulfide) groups is 2. The number of hydrogen-bond acceptors (Lipinski definition) is 4. The molecule has 0 fully saturated rings. The summed E-state index contributed by atoms with van der Waals surface area (Å²) in [7, 11) is 0. The topological polar surface area (TPSA) is 50.7 Å². The average molecular weight is 344 g/mol. The van der Waals surface area contributed by atoms with Gasteiger partial charge in [0.25, 0.3) is 0 Å². The summed E-state index contributed by atoms with van der Waals surface area (Å²) in [4.78, 5) is 12.7. The highest BCUT2D eigenvalue weighted by atomic mass is 35.5.